The lowest BCUT2D eigenvalue weighted by molar-refractivity contribution is -0.118. The number of alkyl halides is 1. The molecule has 9 unspecified atom stereocenters. The largest absolute Gasteiger partial charge is 0.497 e. The van der Waals surface area contributed by atoms with E-state index >= 15 is 8.96 Å². The van der Waals surface area contributed by atoms with Gasteiger partial charge in [0.05, 0.1) is 52.2 Å². The van der Waals surface area contributed by atoms with E-state index in [4.69, 9.17) is 43.8 Å². The number of phosphoric ester groups is 1. The number of azide groups is 1. The second-order valence-corrected chi connectivity index (χ2v) is 21.3. The number of anilines is 2. The van der Waals surface area contributed by atoms with Crippen LogP contribution in [0.2, 0.25) is 0 Å². The molecule has 0 spiro atoms. The lowest BCUT2D eigenvalue weighted by Crippen LogP contribution is -2.40. The lowest BCUT2D eigenvalue weighted by atomic mass is 9.80. The zero-order chi connectivity index (χ0) is 59.8. The number of carbonyl (C=O) groups is 2. The monoisotopic (exact) mass is 1180 g/mol. The van der Waals surface area contributed by atoms with Crippen molar-refractivity contribution in [3.05, 3.63) is 183 Å². The molecule has 2 aliphatic rings. The van der Waals surface area contributed by atoms with Crippen molar-refractivity contribution in [3.8, 4) is 11.5 Å². The number of phosphoric acid groups is 1. The number of aromatic nitrogens is 8. The van der Waals surface area contributed by atoms with Crippen LogP contribution in [0.4, 0.5) is 16.2 Å². The number of halogens is 1. The van der Waals surface area contributed by atoms with Crippen molar-refractivity contribution in [2.45, 2.75) is 62.4 Å². The van der Waals surface area contributed by atoms with Crippen LogP contribution in [0.15, 0.2) is 138 Å². The summed E-state index contributed by atoms with van der Waals surface area (Å²) in [4.78, 5) is 69.6. The average molecular weight is 1180 g/mol. The standard InChI is InChI=1S/C56H56FN14O13P/c1-32(2)50(73)66-55-65-49-45(52(75)67-55)63-31-71(49)54-43(68-69-58)39(26-72)40(82-54)28-81-85(76,80-25-24-59-3)84-46-41(83-53(42(46)57)70-30-62-44-47(60-29-61-48(44)70)64-51(74)33-12-8-6-9-13-33)27-79-56(34-14-10-7-11-15-34,35-16-20-37(77-4)21-17-35)36-18-22-38(78-5)23-19-36/h6-23,29-32,39-43,46,53-54,72H,24-28H2,1-2,4-5H3,(H,60,61,64,74)(H2,65,66,67,73,75). The molecule has 2 amide bonds. The molecule has 2 aliphatic heterocycles. The molecule has 0 radical (unpaired) electrons. The smallest absolute Gasteiger partial charge is 0.475 e. The molecule has 0 aliphatic carbocycles. The summed E-state index contributed by atoms with van der Waals surface area (Å²) in [7, 11) is -2.07. The Kier molecular flexibility index (Phi) is 18.0. The molecule has 4 aromatic heterocycles. The van der Waals surface area contributed by atoms with Gasteiger partial charge in [-0.25, -0.2) is 35.5 Å². The van der Waals surface area contributed by atoms with Crippen molar-refractivity contribution in [1.82, 2.24) is 39.0 Å². The first-order chi connectivity index (χ1) is 41.2. The third-order valence-electron chi connectivity index (χ3n) is 14.3. The quantitative estimate of drug-likeness (QED) is 0.00856. The number of methoxy groups -OCH3 is 2. The first-order valence-electron chi connectivity index (χ1n) is 26.5. The number of amides is 2. The Morgan fingerprint density at radius 3 is 2.08 bits per heavy atom. The summed E-state index contributed by atoms with van der Waals surface area (Å²) >= 11 is 0. The van der Waals surface area contributed by atoms with Crippen molar-refractivity contribution >= 4 is 53.7 Å². The van der Waals surface area contributed by atoms with Crippen molar-refractivity contribution < 1.29 is 60.9 Å². The van der Waals surface area contributed by atoms with Gasteiger partial charge in [-0.1, -0.05) is 91.8 Å². The van der Waals surface area contributed by atoms with Gasteiger partial charge in [0.1, 0.15) is 48.5 Å². The maximum atomic E-state index is 18.2. The molecule has 10 rings (SSSR count). The number of hydrogen-bond donors (Lipinski definition) is 4. The van der Waals surface area contributed by atoms with Crippen LogP contribution in [-0.4, -0.2) is 134 Å². The van der Waals surface area contributed by atoms with Crippen molar-refractivity contribution in [2.24, 2.45) is 17.0 Å². The van der Waals surface area contributed by atoms with E-state index in [1.54, 1.807) is 68.4 Å². The minimum Gasteiger partial charge on any atom is -0.497 e. The molecule has 2 saturated heterocycles. The number of H-pyrrole nitrogens is 1. The van der Waals surface area contributed by atoms with E-state index in [0.717, 1.165) is 6.33 Å². The fourth-order valence-corrected chi connectivity index (χ4v) is 11.4. The number of ether oxygens (including phenoxy) is 5. The highest BCUT2D eigenvalue weighted by molar-refractivity contribution is 7.48. The van der Waals surface area contributed by atoms with Crippen LogP contribution in [0.25, 0.3) is 37.6 Å². The number of aliphatic hydroxyl groups excluding tert-OH is 1. The summed E-state index contributed by atoms with van der Waals surface area (Å²) in [5.74, 6) is -1.67. The van der Waals surface area contributed by atoms with Crippen molar-refractivity contribution in [2.75, 3.05) is 57.8 Å². The summed E-state index contributed by atoms with van der Waals surface area (Å²) in [6.45, 7) is 7.93. The number of carbonyl (C=O) groups excluding carboxylic acids is 2. The third-order valence-corrected chi connectivity index (χ3v) is 15.8. The average Bonchev–Trinajstić information content (AvgIpc) is 2.72. The number of fused-ring (bicyclic) bond motifs is 2. The summed E-state index contributed by atoms with van der Waals surface area (Å²) in [6, 6.07) is 30.6. The van der Waals surface area contributed by atoms with Gasteiger partial charge in [-0.05, 0) is 58.6 Å². The van der Waals surface area contributed by atoms with Crippen LogP contribution in [-0.2, 0) is 42.7 Å². The van der Waals surface area contributed by atoms with E-state index in [0.29, 0.717) is 33.8 Å². The van der Waals surface area contributed by atoms with Crippen LogP contribution in [0.1, 0.15) is 53.4 Å². The second kappa shape index (κ2) is 25.9. The van der Waals surface area contributed by atoms with Crippen LogP contribution < -0.4 is 25.7 Å². The molecular formula is C56H56FN14O13P. The Hall–Kier alpha value is -9.00. The maximum Gasteiger partial charge on any atom is 0.475 e. The molecular weight excluding hydrogens is 1130 g/mol. The molecule has 2 fully saturated rings. The molecule has 9 atom stereocenters. The van der Waals surface area contributed by atoms with Crippen LogP contribution in [0, 0.1) is 18.4 Å². The van der Waals surface area contributed by atoms with Crippen molar-refractivity contribution in [3.63, 3.8) is 0 Å². The van der Waals surface area contributed by atoms with Crippen LogP contribution in [0.5, 0.6) is 11.5 Å². The second-order valence-electron chi connectivity index (χ2n) is 19.7. The van der Waals surface area contributed by atoms with Crippen molar-refractivity contribution in [1.29, 1.82) is 0 Å². The van der Waals surface area contributed by atoms with Gasteiger partial charge in [0, 0.05) is 28.9 Å². The van der Waals surface area contributed by atoms with Crippen LogP contribution >= 0.6 is 7.82 Å². The van der Waals surface area contributed by atoms with Gasteiger partial charge in [-0.15, -0.1) is 0 Å². The number of aromatic amines is 1. The summed E-state index contributed by atoms with van der Waals surface area (Å²) < 4.78 is 85.5. The maximum absolute atomic E-state index is 18.2. The number of nitrogens with one attached hydrogen (secondary N) is 3. The van der Waals surface area contributed by atoms with Gasteiger partial charge in [0.15, 0.2) is 40.5 Å². The minimum absolute atomic E-state index is 0.00251. The Labute approximate surface area is 483 Å². The van der Waals surface area contributed by atoms with Gasteiger partial charge in [0.25, 0.3) is 11.5 Å². The minimum atomic E-state index is -5.14. The van der Waals surface area contributed by atoms with Gasteiger partial charge in [0.2, 0.25) is 18.4 Å². The number of hydrogen-bond acceptors (Lipinski definition) is 19. The van der Waals surface area contributed by atoms with Gasteiger partial charge < -0.3 is 39.0 Å². The summed E-state index contributed by atoms with van der Waals surface area (Å²) in [5, 5.41) is 20.1. The molecule has 0 saturated carbocycles. The molecule has 0 bridgehead atoms. The molecule has 4 aromatic carbocycles. The lowest BCUT2D eigenvalue weighted by Gasteiger charge is -2.37. The zero-order valence-corrected chi connectivity index (χ0v) is 46.8. The summed E-state index contributed by atoms with van der Waals surface area (Å²) in [6.07, 6.45) is -6.45. The normalized spacial score (nSPS) is 21.1. The van der Waals surface area contributed by atoms with E-state index < -0.39 is 112 Å². The van der Waals surface area contributed by atoms with Crippen LogP contribution in [0.3, 0.4) is 0 Å². The van der Waals surface area contributed by atoms with E-state index in [-0.39, 0.29) is 40.6 Å². The SMILES string of the molecule is [C-]#[N+]CCOP(=O)(OCC1OC(n2cnc3c(=O)[nH]c(NC(=O)C(C)C)nc32)C(N=[N+]=[N-])C1CO)OC1C(COC(c2ccccc2)(c2ccc(OC)cc2)c2ccc(OC)cc2)OC(n2cnc3c(NC(=O)c4ccccc4)ncnc32)C1F. The molecule has 6 heterocycles. The molecule has 85 heavy (non-hydrogen) atoms. The van der Waals surface area contributed by atoms with E-state index in [1.165, 1.54) is 36.0 Å². The number of imidazole rings is 2. The summed E-state index contributed by atoms with van der Waals surface area (Å²) in [5.41, 5.74) is 9.54. The molecule has 29 heteroatoms. The molecule has 8 aromatic rings. The van der Waals surface area contributed by atoms with E-state index in [2.05, 4.69) is 55.4 Å². The fourth-order valence-electron chi connectivity index (χ4n) is 10.0. The number of rotatable bonds is 24. The number of nitrogens with zero attached hydrogens (tertiary/aromatic N) is 11. The predicted molar refractivity (Wildman–Crippen MR) is 302 cm³/mol. The third kappa shape index (κ3) is 12.2. The van der Waals surface area contributed by atoms with E-state index in [1.807, 2.05) is 54.6 Å². The molecule has 440 valence electrons. The molecule has 4 N–H and O–H groups in total. The fraction of sp³-hybridized carbons (Fsp3) is 0.339. The Morgan fingerprint density at radius 2 is 1.46 bits per heavy atom. The van der Waals surface area contributed by atoms with Gasteiger partial charge >= 0.3 is 7.82 Å². The first-order valence-corrected chi connectivity index (χ1v) is 28.0. The predicted octanol–water partition coefficient (Wildman–Crippen LogP) is 7.70. The Bertz CT molecular complexity index is 3820. The van der Waals surface area contributed by atoms with E-state index in [9.17, 15) is 25.0 Å². The highest BCUT2D eigenvalue weighted by atomic mass is 31.2. The van der Waals surface area contributed by atoms with Gasteiger partial charge in [-0.3, -0.25) is 47.4 Å². The highest BCUT2D eigenvalue weighted by Crippen LogP contribution is 2.55. The number of aliphatic hydroxyl groups is 1. The Balaban J connectivity index is 1.02. The first kappa shape index (κ1) is 59.2. The zero-order valence-electron chi connectivity index (χ0n) is 45.9. The highest BCUT2D eigenvalue weighted by Gasteiger charge is 2.54. The van der Waals surface area contributed by atoms with Gasteiger partial charge in [-0.2, -0.15) is 4.98 Å². The number of benzene rings is 4. The topological polar surface area (TPSA) is 330 Å². The Morgan fingerprint density at radius 1 is 0.835 bits per heavy atom. The molecule has 27 nitrogen and oxygen atoms in total.